The second-order valence-corrected chi connectivity index (χ2v) is 3.78. The zero-order valence-electron chi connectivity index (χ0n) is 9.00. The van der Waals surface area contributed by atoms with Crippen LogP contribution in [0.2, 0.25) is 5.15 Å². The van der Waals surface area contributed by atoms with Gasteiger partial charge in [0.15, 0.2) is 0 Å². The molecular formula is C10H9ClF3NO3. The minimum atomic E-state index is -4.24. The molecule has 0 spiro atoms. The Morgan fingerprint density at radius 2 is 2.11 bits per heavy atom. The number of carboxylic acid groups (broad SMARTS) is 1. The molecule has 1 N–H and O–H groups in total. The van der Waals surface area contributed by atoms with E-state index in [0.29, 0.717) is 0 Å². The van der Waals surface area contributed by atoms with Gasteiger partial charge in [0.25, 0.3) is 0 Å². The van der Waals surface area contributed by atoms with Crippen molar-refractivity contribution < 1.29 is 27.8 Å². The molecule has 0 amide bonds. The first-order chi connectivity index (χ1) is 8.28. The molecule has 4 nitrogen and oxygen atoms in total. The molecule has 0 radical (unpaired) electrons. The van der Waals surface area contributed by atoms with Gasteiger partial charge in [-0.3, -0.25) is 0 Å². The van der Waals surface area contributed by atoms with Crippen molar-refractivity contribution in [3.05, 3.63) is 22.8 Å². The zero-order valence-corrected chi connectivity index (χ0v) is 9.75. The van der Waals surface area contributed by atoms with Crippen molar-refractivity contribution in [1.82, 2.24) is 4.98 Å². The molecule has 0 fully saturated rings. The van der Waals surface area contributed by atoms with Crippen LogP contribution >= 0.6 is 11.6 Å². The maximum atomic E-state index is 11.8. The van der Waals surface area contributed by atoms with Crippen molar-refractivity contribution in [3.8, 4) is 5.88 Å². The standard InChI is InChI=1S/C10H9ClF3NO3/c11-7-4-6(9(16)17)5-8(15-7)18-3-1-2-10(12,13)14/h4-5H,1-3H2,(H,16,17). The maximum absolute atomic E-state index is 11.8. The molecular weight excluding hydrogens is 275 g/mol. The second-order valence-electron chi connectivity index (χ2n) is 3.39. The van der Waals surface area contributed by atoms with E-state index in [1.54, 1.807) is 0 Å². The van der Waals surface area contributed by atoms with Gasteiger partial charge in [0.05, 0.1) is 12.2 Å². The summed E-state index contributed by atoms with van der Waals surface area (Å²) in [6, 6.07) is 2.22. The highest BCUT2D eigenvalue weighted by molar-refractivity contribution is 6.29. The van der Waals surface area contributed by atoms with E-state index in [4.69, 9.17) is 21.4 Å². The predicted molar refractivity (Wildman–Crippen MR) is 57.0 cm³/mol. The Morgan fingerprint density at radius 3 is 2.67 bits per heavy atom. The summed E-state index contributed by atoms with van der Waals surface area (Å²) >= 11 is 5.55. The number of hydrogen-bond donors (Lipinski definition) is 1. The van der Waals surface area contributed by atoms with Crippen LogP contribution < -0.4 is 4.74 Å². The first-order valence-electron chi connectivity index (χ1n) is 4.88. The molecule has 1 rings (SSSR count). The fourth-order valence-electron chi connectivity index (χ4n) is 1.12. The van der Waals surface area contributed by atoms with Crippen LogP contribution in [-0.4, -0.2) is 28.8 Å². The van der Waals surface area contributed by atoms with Crippen molar-refractivity contribution in [2.45, 2.75) is 19.0 Å². The monoisotopic (exact) mass is 283 g/mol. The molecule has 0 unspecified atom stereocenters. The number of halogens is 4. The van der Waals surface area contributed by atoms with Gasteiger partial charge < -0.3 is 9.84 Å². The zero-order chi connectivity index (χ0) is 13.8. The van der Waals surface area contributed by atoms with E-state index in [2.05, 4.69) is 4.98 Å². The number of carboxylic acids is 1. The Hall–Kier alpha value is -1.50. The lowest BCUT2D eigenvalue weighted by molar-refractivity contribution is -0.136. The molecule has 0 aliphatic heterocycles. The molecule has 1 heterocycles. The van der Waals surface area contributed by atoms with Crippen LogP contribution in [0.4, 0.5) is 13.2 Å². The number of hydrogen-bond acceptors (Lipinski definition) is 3. The van der Waals surface area contributed by atoms with Gasteiger partial charge in [0, 0.05) is 12.5 Å². The third-order valence-corrected chi connectivity index (χ3v) is 2.07. The number of rotatable bonds is 5. The lowest BCUT2D eigenvalue weighted by Gasteiger charge is -2.08. The number of alkyl halides is 3. The fraction of sp³-hybridized carbons (Fsp3) is 0.400. The third-order valence-electron chi connectivity index (χ3n) is 1.87. The number of aromatic nitrogens is 1. The average Bonchev–Trinajstić information content (AvgIpc) is 2.22. The van der Waals surface area contributed by atoms with Crippen molar-refractivity contribution >= 4 is 17.6 Å². The van der Waals surface area contributed by atoms with Gasteiger partial charge in [0.1, 0.15) is 5.15 Å². The summed E-state index contributed by atoms with van der Waals surface area (Å²) in [4.78, 5) is 14.3. The lowest BCUT2D eigenvalue weighted by Crippen LogP contribution is -2.10. The Morgan fingerprint density at radius 1 is 1.44 bits per heavy atom. The molecule has 0 saturated carbocycles. The number of aromatic carboxylic acids is 1. The lowest BCUT2D eigenvalue weighted by atomic mass is 10.3. The summed E-state index contributed by atoms with van der Waals surface area (Å²) in [5.74, 6) is -1.33. The van der Waals surface area contributed by atoms with E-state index in [-0.39, 0.29) is 29.6 Å². The van der Waals surface area contributed by atoms with Gasteiger partial charge in [-0.1, -0.05) is 11.6 Å². The van der Waals surface area contributed by atoms with Gasteiger partial charge in [-0.2, -0.15) is 13.2 Å². The van der Waals surface area contributed by atoms with Gasteiger partial charge in [0.2, 0.25) is 5.88 Å². The van der Waals surface area contributed by atoms with Crippen LogP contribution in [0.1, 0.15) is 23.2 Å². The van der Waals surface area contributed by atoms with Gasteiger partial charge in [-0.25, -0.2) is 9.78 Å². The van der Waals surface area contributed by atoms with Crippen LogP contribution in [0, 0.1) is 0 Å². The molecule has 1 aromatic heterocycles. The number of pyridine rings is 1. The molecule has 100 valence electrons. The average molecular weight is 284 g/mol. The van der Waals surface area contributed by atoms with Crippen molar-refractivity contribution in [2.24, 2.45) is 0 Å². The van der Waals surface area contributed by atoms with E-state index >= 15 is 0 Å². The Labute approximate surface area is 105 Å². The van der Waals surface area contributed by atoms with Crippen LogP contribution in [0.5, 0.6) is 5.88 Å². The van der Waals surface area contributed by atoms with E-state index < -0.39 is 18.6 Å². The molecule has 0 aliphatic carbocycles. The Balaban J connectivity index is 2.55. The van der Waals surface area contributed by atoms with E-state index in [0.717, 1.165) is 12.1 Å². The Bertz CT molecular complexity index is 437. The maximum Gasteiger partial charge on any atom is 0.389 e. The van der Waals surface area contributed by atoms with Crippen molar-refractivity contribution in [2.75, 3.05) is 6.61 Å². The molecule has 1 aromatic rings. The highest BCUT2D eigenvalue weighted by atomic mass is 35.5. The molecule has 0 saturated heterocycles. The Kier molecular flexibility index (Phi) is 4.77. The molecule has 0 aliphatic rings. The smallest absolute Gasteiger partial charge is 0.389 e. The van der Waals surface area contributed by atoms with Crippen LogP contribution in [0.3, 0.4) is 0 Å². The van der Waals surface area contributed by atoms with Gasteiger partial charge in [-0.15, -0.1) is 0 Å². The molecule has 0 aromatic carbocycles. The minimum Gasteiger partial charge on any atom is -0.478 e. The summed E-state index contributed by atoms with van der Waals surface area (Å²) in [6.45, 7) is -0.216. The van der Waals surface area contributed by atoms with Crippen LogP contribution in [0.15, 0.2) is 12.1 Å². The topological polar surface area (TPSA) is 59.4 Å². The first kappa shape index (κ1) is 14.6. The summed E-state index contributed by atoms with van der Waals surface area (Å²) in [6.07, 6.45) is -5.45. The van der Waals surface area contributed by atoms with E-state index in [1.165, 1.54) is 0 Å². The summed E-state index contributed by atoms with van der Waals surface area (Å²) in [5, 5.41) is 8.62. The predicted octanol–water partition coefficient (Wildman–Crippen LogP) is 3.15. The summed E-state index contributed by atoms with van der Waals surface area (Å²) in [5.41, 5.74) is -0.138. The van der Waals surface area contributed by atoms with Crippen LogP contribution in [-0.2, 0) is 0 Å². The van der Waals surface area contributed by atoms with Crippen molar-refractivity contribution in [3.63, 3.8) is 0 Å². The highest BCUT2D eigenvalue weighted by Crippen LogP contribution is 2.22. The largest absolute Gasteiger partial charge is 0.478 e. The number of carbonyl (C=O) groups is 1. The van der Waals surface area contributed by atoms with E-state index in [9.17, 15) is 18.0 Å². The molecule has 0 bridgehead atoms. The molecule has 8 heteroatoms. The summed E-state index contributed by atoms with van der Waals surface area (Å²) < 4.78 is 40.5. The molecule has 0 atom stereocenters. The van der Waals surface area contributed by atoms with Gasteiger partial charge in [-0.05, 0) is 12.5 Å². The third kappa shape index (κ3) is 5.22. The normalized spacial score (nSPS) is 11.3. The van der Waals surface area contributed by atoms with Crippen LogP contribution in [0.25, 0.3) is 0 Å². The second kappa shape index (κ2) is 5.90. The number of nitrogens with zero attached hydrogens (tertiary/aromatic N) is 1. The quantitative estimate of drug-likeness (QED) is 0.666. The number of ether oxygens (including phenoxy) is 1. The first-order valence-corrected chi connectivity index (χ1v) is 5.26. The van der Waals surface area contributed by atoms with Gasteiger partial charge >= 0.3 is 12.1 Å². The van der Waals surface area contributed by atoms with Crippen molar-refractivity contribution in [1.29, 1.82) is 0 Å². The summed E-state index contributed by atoms with van der Waals surface area (Å²) in [7, 11) is 0. The van der Waals surface area contributed by atoms with E-state index in [1.807, 2.05) is 0 Å². The highest BCUT2D eigenvalue weighted by Gasteiger charge is 2.26. The molecule has 18 heavy (non-hydrogen) atoms. The minimum absolute atomic E-state index is 0.0966. The fourth-order valence-corrected chi connectivity index (χ4v) is 1.32. The SMILES string of the molecule is O=C(O)c1cc(Cl)nc(OCCCC(F)(F)F)c1.